The molecule has 2 aromatic carbocycles. The lowest BCUT2D eigenvalue weighted by Crippen LogP contribution is -2.35. The molecule has 0 radical (unpaired) electrons. The Morgan fingerprint density at radius 1 is 1.00 bits per heavy atom. The van der Waals surface area contributed by atoms with Crippen LogP contribution in [-0.4, -0.2) is 78.6 Å². The highest BCUT2D eigenvalue weighted by Gasteiger charge is 2.33. The van der Waals surface area contributed by atoms with Gasteiger partial charge in [-0.05, 0) is 126 Å². The molecular formula is C40H49N5O6S. The van der Waals surface area contributed by atoms with Gasteiger partial charge in [-0.25, -0.2) is 17.9 Å². The fourth-order valence-electron chi connectivity index (χ4n) is 8.19. The summed E-state index contributed by atoms with van der Waals surface area (Å²) < 4.78 is 43.4. The van der Waals surface area contributed by atoms with Crippen molar-refractivity contribution in [3.05, 3.63) is 70.5 Å². The van der Waals surface area contributed by atoms with E-state index in [1.54, 1.807) is 40.1 Å². The van der Waals surface area contributed by atoms with Crippen LogP contribution in [0.3, 0.4) is 0 Å². The number of nitrogens with zero attached hydrogens (tertiary/aromatic N) is 4. The molecule has 4 aromatic rings. The van der Waals surface area contributed by atoms with Crippen molar-refractivity contribution in [3.63, 3.8) is 0 Å². The smallest absolute Gasteiger partial charge is 0.341 e. The van der Waals surface area contributed by atoms with Gasteiger partial charge in [0.15, 0.2) is 0 Å². The molecule has 52 heavy (non-hydrogen) atoms. The number of sulfonamides is 1. The van der Waals surface area contributed by atoms with Crippen LogP contribution in [0, 0.1) is 0 Å². The number of ether oxygens (including phenoxy) is 2. The lowest BCUT2D eigenvalue weighted by Gasteiger charge is -2.30. The molecule has 3 aliphatic rings. The van der Waals surface area contributed by atoms with E-state index in [2.05, 4.69) is 33.4 Å². The first-order chi connectivity index (χ1) is 25.0. The second-order valence-electron chi connectivity index (χ2n) is 14.7. The van der Waals surface area contributed by atoms with Crippen LogP contribution in [0.15, 0.2) is 42.6 Å². The van der Waals surface area contributed by atoms with Gasteiger partial charge in [-0.3, -0.25) is 9.48 Å². The first kappa shape index (κ1) is 36.0. The lowest BCUT2D eigenvalue weighted by molar-refractivity contribution is 0.0525. The van der Waals surface area contributed by atoms with E-state index in [9.17, 15) is 18.0 Å². The molecule has 1 amide bonds. The largest absolute Gasteiger partial charge is 0.497 e. The summed E-state index contributed by atoms with van der Waals surface area (Å²) in [6.45, 7) is 7.36. The zero-order valence-electron chi connectivity index (χ0n) is 30.8. The summed E-state index contributed by atoms with van der Waals surface area (Å²) in [7, 11) is -0.0565. The molecule has 276 valence electrons. The molecule has 2 fully saturated rings. The van der Waals surface area contributed by atoms with E-state index >= 15 is 0 Å². The third-order valence-corrected chi connectivity index (χ3v) is 12.7. The second kappa shape index (κ2) is 14.5. The van der Waals surface area contributed by atoms with Crippen LogP contribution in [-0.2, 0) is 21.3 Å². The van der Waals surface area contributed by atoms with Crippen molar-refractivity contribution in [1.29, 1.82) is 0 Å². The standard InChI is InChI=1S/C40H49N5O6S/c1-6-51-40(47)34-23-41-45(30-16-18-43(4)19-17-30)37(34)29-20-28-21-31(50-5)13-15-32(28)38-36(26-10-8-7-9-11-26)33-14-12-27(22-35(33)44(38)24-29)39(46)42-52(48,49)25(2)3/h12-15,20-23,25-26,30H,6-11,16-19,24H2,1-5H3,(H,42,46). The van der Waals surface area contributed by atoms with Gasteiger partial charge < -0.3 is 18.9 Å². The number of rotatable bonds is 9. The Hall–Kier alpha value is -4.42. The molecule has 11 nitrogen and oxygen atoms in total. The topological polar surface area (TPSA) is 125 Å². The van der Waals surface area contributed by atoms with E-state index in [-0.39, 0.29) is 18.2 Å². The van der Waals surface area contributed by atoms with Crippen molar-refractivity contribution in [3.8, 4) is 17.0 Å². The maximum atomic E-state index is 13.6. The number of hydrogen-bond acceptors (Lipinski definition) is 8. The van der Waals surface area contributed by atoms with E-state index in [1.165, 1.54) is 12.0 Å². The number of aromatic nitrogens is 3. The zero-order chi connectivity index (χ0) is 36.7. The van der Waals surface area contributed by atoms with Crippen LogP contribution in [0.5, 0.6) is 5.75 Å². The maximum absolute atomic E-state index is 13.6. The minimum atomic E-state index is -3.84. The molecule has 2 aromatic heterocycles. The van der Waals surface area contributed by atoms with Crippen LogP contribution >= 0.6 is 0 Å². The molecule has 0 bridgehead atoms. The minimum Gasteiger partial charge on any atom is -0.497 e. The van der Waals surface area contributed by atoms with Crippen molar-refractivity contribution in [2.45, 2.75) is 89.5 Å². The van der Waals surface area contributed by atoms with Crippen molar-refractivity contribution >= 4 is 44.5 Å². The lowest BCUT2D eigenvalue weighted by atomic mass is 9.81. The van der Waals surface area contributed by atoms with Gasteiger partial charge in [-0.15, -0.1) is 0 Å². The van der Waals surface area contributed by atoms with Gasteiger partial charge in [-0.2, -0.15) is 5.10 Å². The first-order valence-corrected chi connectivity index (χ1v) is 20.1. The molecule has 2 aliphatic heterocycles. The molecular weight excluding hydrogens is 679 g/mol. The van der Waals surface area contributed by atoms with Gasteiger partial charge in [0, 0.05) is 22.0 Å². The predicted octanol–water partition coefficient (Wildman–Crippen LogP) is 7.03. The fraction of sp³-hybridized carbons (Fsp3) is 0.475. The van der Waals surface area contributed by atoms with Gasteiger partial charge in [0.25, 0.3) is 5.91 Å². The number of piperidine rings is 1. The number of benzene rings is 2. The number of esters is 1. The number of carbonyl (C=O) groups excluding carboxylic acids is 2. The Balaban J connectivity index is 1.48. The summed E-state index contributed by atoms with van der Waals surface area (Å²) >= 11 is 0. The Bertz CT molecular complexity index is 2150. The third kappa shape index (κ3) is 6.67. The van der Waals surface area contributed by atoms with E-state index < -0.39 is 27.1 Å². The van der Waals surface area contributed by atoms with Crippen molar-refractivity contribution < 1.29 is 27.5 Å². The summed E-state index contributed by atoms with van der Waals surface area (Å²) in [5, 5.41) is 5.15. The van der Waals surface area contributed by atoms with E-state index in [4.69, 9.17) is 14.6 Å². The van der Waals surface area contributed by atoms with Gasteiger partial charge in [0.05, 0.1) is 49.1 Å². The summed E-state index contributed by atoms with van der Waals surface area (Å²) in [6, 6.07) is 11.8. The van der Waals surface area contributed by atoms with Crippen molar-refractivity contribution in [2.75, 3.05) is 33.9 Å². The van der Waals surface area contributed by atoms with Crippen molar-refractivity contribution in [1.82, 2.24) is 24.0 Å². The highest BCUT2D eigenvalue weighted by atomic mass is 32.2. The molecule has 1 saturated heterocycles. The Labute approximate surface area is 306 Å². The average molecular weight is 728 g/mol. The predicted molar refractivity (Wildman–Crippen MR) is 203 cm³/mol. The monoisotopic (exact) mass is 727 g/mol. The van der Waals surface area contributed by atoms with Gasteiger partial charge >= 0.3 is 5.97 Å². The molecule has 12 heteroatoms. The summed E-state index contributed by atoms with van der Waals surface area (Å²) in [5.41, 5.74) is 7.44. The highest BCUT2D eigenvalue weighted by molar-refractivity contribution is 7.90. The number of nitrogens with one attached hydrogen (secondary N) is 1. The number of fused-ring (bicyclic) bond motifs is 5. The second-order valence-corrected chi connectivity index (χ2v) is 16.9. The summed E-state index contributed by atoms with van der Waals surface area (Å²) in [5.74, 6) is -0.0499. The van der Waals surface area contributed by atoms with Gasteiger partial charge in [-0.1, -0.05) is 25.3 Å². The quantitative estimate of drug-likeness (QED) is 0.182. The highest BCUT2D eigenvalue weighted by Crippen LogP contribution is 2.48. The van der Waals surface area contributed by atoms with E-state index in [0.717, 1.165) is 96.4 Å². The third-order valence-electron chi connectivity index (χ3n) is 11.0. The molecule has 1 saturated carbocycles. The normalized spacial score (nSPS) is 17.4. The minimum absolute atomic E-state index is 0.0974. The maximum Gasteiger partial charge on any atom is 0.341 e. The summed E-state index contributed by atoms with van der Waals surface area (Å²) in [4.78, 5) is 29.4. The van der Waals surface area contributed by atoms with Gasteiger partial charge in [0.2, 0.25) is 10.0 Å². The van der Waals surface area contributed by atoms with Crippen LogP contribution in [0.4, 0.5) is 0 Å². The van der Waals surface area contributed by atoms with E-state index in [0.29, 0.717) is 18.0 Å². The molecule has 0 unspecified atom stereocenters. The number of likely N-dealkylation sites (tertiary alicyclic amines) is 1. The van der Waals surface area contributed by atoms with E-state index in [1.807, 2.05) is 28.9 Å². The average Bonchev–Trinajstić information content (AvgIpc) is 3.66. The molecule has 1 N–H and O–H groups in total. The molecule has 4 heterocycles. The van der Waals surface area contributed by atoms with Gasteiger partial charge in [0.1, 0.15) is 11.3 Å². The molecule has 1 aliphatic carbocycles. The Kier molecular flexibility index (Phi) is 10.1. The molecule has 0 atom stereocenters. The van der Waals surface area contributed by atoms with Crippen LogP contribution in [0.25, 0.3) is 33.8 Å². The number of hydrogen-bond donors (Lipinski definition) is 1. The number of carbonyl (C=O) groups is 2. The SMILES string of the molecule is CCOC(=O)c1cnn(C2CCN(C)CC2)c1C1=Cc2cc(OC)ccc2-c2c(C3CCCCC3)c3ccc(C(=O)NS(=O)(=O)C(C)C)cc3n2C1. The molecule has 7 rings (SSSR count). The Morgan fingerprint density at radius 2 is 1.75 bits per heavy atom. The molecule has 0 spiro atoms. The number of amides is 1. The number of methoxy groups -OCH3 is 1. The first-order valence-electron chi connectivity index (χ1n) is 18.5. The fourth-order valence-corrected chi connectivity index (χ4v) is 8.80. The van der Waals surface area contributed by atoms with Crippen LogP contribution in [0.2, 0.25) is 0 Å². The van der Waals surface area contributed by atoms with Crippen LogP contribution in [0.1, 0.15) is 115 Å². The summed E-state index contributed by atoms with van der Waals surface area (Å²) in [6.07, 6.45) is 11.2. The number of allylic oxidation sites excluding steroid dienone is 1. The van der Waals surface area contributed by atoms with Crippen LogP contribution < -0.4 is 9.46 Å². The van der Waals surface area contributed by atoms with Crippen molar-refractivity contribution in [2.24, 2.45) is 0 Å². The zero-order valence-corrected chi connectivity index (χ0v) is 31.6. The Morgan fingerprint density at radius 3 is 2.44 bits per heavy atom.